The summed E-state index contributed by atoms with van der Waals surface area (Å²) in [6.45, 7) is -0.262. The molecule has 9 nitrogen and oxygen atoms in total. The van der Waals surface area contributed by atoms with Crippen LogP contribution in [0.1, 0.15) is 16.4 Å². The van der Waals surface area contributed by atoms with Crippen molar-refractivity contribution in [3.05, 3.63) is 110 Å². The summed E-state index contributed by atoms with van der Waals surface area (Å²) in [6, 6.07) is 25.7. The zero-order valence-corrected chi connectivity index (χ0v) is 26.8. The van der Waals surface area contributed by atoms with Crippen molar-refractivity contribution >= 4 is 78.9 Å². The number of imide groups is 1. The number of nitrogens with zero attached hydrogens (tertiary/aromatic N) is 1. The number of thiazole rings is 1. The molecule has 5 aromatic rings. The molecule has 1 saturated heterocycles. The molecule has 2 aliphatic heterocycles. The summed E-state index contributed by atoms with van der Waals surface area (Å²) in [6.07, 6.45) is 0. The third-order valence-electron chi connectivity index (χ3n) is 7.88. The van der Waals surface area contributed by atoms with Gasteiger partial charge in [0.05, 0.1) is 23.7 Å². The zero-order valence-electron chi connectivity index (χ0n) is 23.6. The molecule has 4 aromatic carbocycles. The highest BCUT2D eigenvalue weighted by Gasteiger charge is 2.56. The number of thioether (sulfide) groups is 1. The van der Waals surface area contributed by atoms with E-state index in [9.17, 15) is 19.2 Å². The van der Waals surface area contributed by atoms with Crippen LogP contribution in [0.25, 0.3) is 10.8 Å². The Morgan fingerprint density at radius 1 is 0.956 bits per heavy atom. The molecule has 3 atom stereocenters. The summed E-state index contributed by atoms with van der Waals surface area (Å²) >= 11 is 5.65. The van der Waals surface area contributed by atoms with Crippen LogP contribution in [0.3, 0.4) is 0 Å². The van der Waals surface area contributed by atoms with E-state index in [1.807, 2.05) is 42.5 Å². The minimum absolute atomic E-state index is 0.258. The van der Waals surface area contributed by atoms with Gasteiger partial charge in [-0.25, -0.2) is 4.90 Å². The predicted octanol–water partition coefficient (Wildman–Crippen LogP) is 6.17. The van der Waals surface area contributed by atoms with Gasteiger partial charge in [-0.05, 0) is 53.4 Å². The Labute approximate surface area is 273 Å². The van der Waals surface area contributed by atoms with E-state index in [1.54, 1.807) is 42.5 Å². The highest BCUT2D eigenvalue weighted by Crippen LogP contribution is 2.53. The van der Waals surface area contributed by atoms with Crippen LogP contribution in [0.15, 0.2) is 99.2 Å². The summed E-state index contributed by atoms with van der Waals surface area (Å²) in [4.78, 5) is 57.4. The molecule has 0 spiro atoms. The number of methoxy groups -OCH3 is 1. The first-order valence-corrected chi connectivity index (χ1v) is 16.4. The van der Waals surface area contributed by atoms with Gasteiger partial charge < -0.3 is 19.8 Å². The second kappa shape index (κ2) is 11.8. The molecule has 1 aromatic heterocycles. The smallest absolute Gasteiger partial charge is 0.305 e. The number of H-pyrrole nitrogens is 1. The summed E-state index contributed by atoms with van der Waals surface area (Å²) in [5, 5.41) is 4.70. The first-order valence-electron chi connectivity index (χ1n) is 13.9. The van der Waals surface area contributed by atoms with Gasteiger partial charge in [-0.1, -0.05) is 81.5 Å². The van der Waals surface area contributed by atoms with Crippen molar-refractivity contribution in [3.63, 3.8) is 0 Å². The summed E-state index contributed by atoms with van der Waals surface area (Å²) in [5.74, 6) is -1.63. The maximum Gasteiger partial charge on any atom is 0.305 e. The Balaban J connectivity index is 1.16. The number of fused-ring (bicyclic) bond motifs is 3. The van der Waals surface area contributed by atoms with Crippen LogP contribution in [0.4, 0.5) is 11.4 Å². The maximum atomic E-state index is 14.0. The van der Waals surface area contributed by atoms with Gasteiger partial charge >= 0.3 is 4.87 Å². The topological polar surface area (TPSA) is 118 Å². The highest BCUT2D eigenvalue weighted by molar-refractivity contribution is 9.10. The lowest BCUT2D eigenvalue weighted by atomic mass is 9.83. The van der Waals surface area contributed by atoms with Crippen LogP contribution in [-0.4, -0.2) is 41.7 Å². The first kappa shape index (κ1) is 29.3. The molecule has 3 amide bonds. The van der Waals surface area contributed by atoms with Crippen LogP contribution in [0.2, 0.25) is 0 Å². The molecule has 45 heavy (non-hydrogen) atoms. The highest BCUT2D eigenvalue weighted by atomic mass is 79.9. The van der Waals surface area contributed by atoms with E-state index in [1.165, 1.54) is 23.8 Å². The molecule has 0 radical (unpaired) electrons. The van der Waals surface area contributed by atoms with Gasteiger partial charge in [-0.2, -0.15) is 0 Å². The number of benzene rings is 4. The van der Waals surface area contributed by atoms with Crippen molar-refractivity contribution < 1.29 is 23.9 Å². The minimum Gasteiger partial charge on any atom is -0.493 e. The monoisotopic (exact) mass is 701 g/mol. The van der Waals surface area contributed by atoms with E-state index in [-0.39, 0.29) is 29.2 Å². The number of amides is 3. The Hall–Kier alpha value is -4.39. The number of carbonyl (C=O) groups is 3. The number of ether oxygens (including phenoxy) is 2. The fourth-order valence-electron chi connectivity index (χ4n) is 5.88. The van der Waals surface area contributed by atoms with Crippen LogP contribution < -0.4 is 24.6 Å². The van der Waals surface area contributed by atoms with Gasteiger partial charge in [0, 0.05) is 26.3 Å². The van der Waals surface area contributed by atoms with E-state index in [0.29, 0.717) is 38.3 Å². The van der Waals surface area contributed by atoms with E-state index in [0.717, 1.165) is 26.6 Å². The van der Waals surface area contributed by atoms with Crippen molar-refractivity contribution in [3.8, 4) is 11.5 Å². The van der Waals surface area contributed by atoms with Crippen molar-refractivity contribution in [2.24, 2.45) is 5.92 Å². The largest absolute Gasteiger partial charge is 0.493 e. The lowest BCUT2D eigenvalue weighted by molar-refractivity contribution is -0.122. The minimum atomic E-state index is -0.743. The molecule has 12 heteroatoms. The lowest BCUT2D eigenvalue weighted by Gasteiger charge is -2.30. The fourth-order valence-corrected chi connectivity index (χ4v) is 8.66. The van der Waals surface area contributed by atoms with Gasteiger partial charge in [0.1, 0.15) is 5.25 Å². The second-order valence-corrected chi connectivity index (χ2v) is 13.6. The van der Waals surface area contributed by atoms with E-state index < -0.39 is 17.1 Å². The zero-order chi connectivity index (χ0) is 31.2. The van der Waals surface area contributed by atoms with E-state index >= 15 is 0 Å². The molecule has 226 valence electrons. The standard InChI is InChI=1S/C33H24BrN3O6S2/c1-42-24-15-18(9-14-23(24)43-16-25(38)35-22-8-4-6-17-5-2-3-7-21(17)22)26-27-29(44-30-28(26)45-33(41)36-30)32(40)37(31(27)39)20-12-10-19(34)11-13-20/h2-15,26-27,29H,16H2,1H3,(H,35,38)(H,36,41)/t26-,27-,29+/m0/s1. The SMILES string of the molecule is COc1cc([C@@H]2c3sc(=O)[nH]c3S[C@H]3C(=O)N(c4ccc(Br)cc4)C(=O)[C@@H]23)ccc1OCC(=O)Nc1cccc2ccccc12. The quantitative estimate of drug-likeness (QED) is 0.195. The lowest BCUT2D eigenvalue weighted by Crippen LogP contribution is -2.32. The number of aromatic amines is 1. The predicted molar refractivity (Wildman–Crippen MR) is 178 cm³/mol. The van der Waals surface area contributed by atoms with Gasteiger partial charge in [-0.3, -0.25) is 19.2 Å². The Kier molecular flexibility index (Phi) is 7.72. The van der Waals surface area contributed by atoms with E-state index in [4.69, 9.17) is 9.47 Å². The number of aromatic nitrogens is 1. The average molecular weight is 703 g/mol. The average Bonchev–Trinajstić information content (AvgIpc) is 3.54. The molecule has 3 heterocycles. The molecule has 7 rings (SSSR count). The molecule has 0 unspecified atom stereocenters. The number of hydrogen-bond acceptors (Lipinski definition) is 8. The Bertz CT molecular complexity index is 2040. The van der Waals surface area contributed by atoms with Crippen LogP contribution in [-0.2, 0) is 14.4 Å². The normalized spacial score (nSPS) is 18.9. The van der Waals surface area contributed by atoms with Gasteiger partial charge in [0.25, 0.3) is 5.91 Å². The molecule has 2 N–H and O–H groups in total. The molecule has 0 bridgehead atoms. The summed E-state index contributed by atoms with van der Waals surface area (Å²) < 4.78 is 12.3. The number of anilines is 2. The maximum absolute atomic E-state index is 14.0. The van der Waals surface area contributed by atoms with Gasteiger partial charge in [0.2, 0.25) is 11.8 Å². The van der Waals surface area contributed by atoms with Crippen LogP contribution >= 0.6 is 39.0 Å². The van der Waals surface area contributed by atoms with Crippen molar-refractivity contribution in [2.45, 2.75) is 16.2 Å². The van der Waals surface area contributed by atoms with Crippen molar-refractivity contribution in [2.75, 3.05) is 23.9 Å². The molecule has 0 aliphatic carbocycles. The van der Waals surface area contributed by atoms with Crippen LogP contribution in [0.5, 0.6) is 11.5 Å². The third kappa shape index (κ3) is 5.32. The third-order valence-corrected chi connectivity index (χ3v) is 10.8. The molecule has 1 fully saturated rings. The first-order chi connectivity index (χ1) is 21.8. The molecule has 2 aliphatic rings. The van der Waals surface area contributed by atoms with Crippen molar-refractivity contribution in [1.82, 2.24) is 4.98 Å². The number of carbonyl (C=O) groups excluding carboxylic acids is 3. The number of nitrogens with one attached hydrogen (secondary N) is 2. The van der Waals surface area contributed by atoms with E-state index in [2.05, 4.69) is 26.2 Å². The number of halogens is 1. The summed E-state index contributed by atoms with van der Waals surface area (Å²) in [7, 11) is 1.49. The number of rotatable bonds is 7. The molecular weight excluding hydrogens is 678 g/mol. The fraction of sp³-hybridized carbons (Fsp3) is 0.152. The summed E-state index contributed by atoms with van der Waals surface area (Å²) in [5.41, 5.74) is 1.86. The Morgan fingerprint density at radius 3 is 2.53 bits per heavy atom. The molecular formula is C33H24BrN3O6S2. The van der Waals surface area contributed by atoms with Crippen molar-refractivity contribution in [1.29, 1.82) is 0 Å². The van der Waals surface area contributed by atoms with Crippen LogP contribution in [0, 0.1) is 5.92 Å². The van der Waals surface area contributed by atoms with Gasteiger partial charge in [0.15, 0.2) is 18.1 Å². The second-order valence-electron chi connectivity index (χ2n) is 10.5. The van der Waals surface area contributed by atoms with Gasteiger partial charge in [-0.15, -0.1) is 0 Å². The Morgan fingerprint density at radius 2 is 1.73 bits per heavy atom. The number of hydrogen-bond donors (Lipinski definition) is 2. The molecule has 0 saturated carbocycles.